The third-order valence-corrected chi connectivity index (χ3v) is 3.56. The molecule has 18 heavy (non-hydrogen) atoms. The molecule has 3 rings (SSSR count). The molecule has 5 nitrogen and oxygen atoms in total. The van der Waals surface area contributed by atoms with Gasteiger partial charge in [0.05, 0.1) is 26.4 Å². The molecule has 5 heteroatoms. The topological polar surface area (TPSA) is 73.9 Å². The van der Waals surface area contributed by atoms with Gasteiger partial charge in [0.25, 0.3) is 0 Å². The first-order valence-corrected chi connectivity index (χ1v) is 6.17. The molecule has 3 N–H and O–H groups in total. The quantitative estimate of drug-likeness (QED) is 0.821. The largest absolute Gasteiger partial charge is 0.492 e. The van der Waals surface area contributed by atoms with Crippen molar-refractivity contribution in [1.82, 2.24) is 0 Å². The van der Waals surface area contributed by atoms with Gasteiger partial charge in [-0.25, -0.2) is 0 Å². The van der Waals surface area contributed by atoms with Crippen molar-refractivity contribution in [2.24, 2.45) is 5.73 Å². The molecule has 1 atom stereocenters. The van der Waals surface area contributed by atoms with Crippen LogP contribution in [0.4, 0.5) is 0 Å². The molecule has 0 radical (unpaired) electrons. The van der Waals surface area contributed by atoms with Crippen LogP contribution in [0.1, 0.15) is 22.8 Å². The minimum atomic E-state index is -0.710. The number of fused-ring (bicyclic) bond motifs is 2. The molecular formula is C13H17NO4. The van der Waals surface area contributed by atoms with Gasteiger partial charge >= 0.3 is 0 Å². The molecule has 2 aliphatic heterocycles. The highest BCUT2D eigenvalue weighted by Gasteiger charge is 2.34. The molecule has 0 aromatic heterocycles. The van der Waals surface area contributed by atoms with Crippen LogP contribution >= 0.6 is 0 Å². The zero-order valence-electron chi connectivity index (χ0n) is 10.4. The van der Waals surface area contributed by atoms with Gasteiger partial charge < -0.3 is 25.1 Å². The van der Waals surface area contributed by atoms with E-state index >= 15 is 0 Å². The number of rotatable bonds is 3. The fourth-order valence-corrected chi connectivity index (χ4v) is 2.79. The third-order valence-electron chi connectivity index (χ3n) is 3.56. The van der Waals surface area contributed by atoms with Crippen LogP contribution in [-0.4, -0.2) is 32.0 Å². The Kier molecular flexibility index (Phi) is 2.80. The Morgan fingerprint density at radius 3 is 2.56 bits per heavy atom. The van der Waals surface area contributed by atoms with E-state index in [0.717, 1.165) is 46.8 Å². The van der Waals surface area contributed by atoms with Crippen LogP contribution in [0.25, 0.3) is 0 Å². The summed E-state index contributed by atoms with van der Waals surface area (Å²) >= 11 is 0. The molecule has 98 valence electrons. The number of nitrogens with two attached hydrogens (primary N) is 1. The lowest BCUT2D eigenvalue weighted by molar-refractivity contribution is 0.180. The summed E-state index contributed by atoms with van der Waals surface area (Å²) in [4.78, 5) is 0. The Balaban J connectivity index is 2.26. The summed E-state index contributed by atoms with van der Waals surface area (Å²) in [6.07, 6.45) is 0.826. The van der Waals surface area contributed by atoms with Gasteiger partial charge in [0.2, 0.25) is 0 Å². The zero-order valence-corrected chi connectivity index (χ0v) is 10.4. The van der Waals surface area contributed by atoms with Crippen LogP contribution in [0.3, 0.4) is 0 Å². The second-order valence-electron chi connectivity index (χ2n) is 4.51. The highest BCUT2D eigenvalue weighted by atomic mass is 16.5. The number of aliphatic hydroxyl groups excluding tert-OH is 1. The Bertz CT molecular complexity index is 451. The van der Waals surface area contributed by atoms with E-state index < -0.39 is 6.10 Å². The van der Waals surface area contributed by atoms with Crippen molar-refractivity contribution in [2.45, 2.75) is 18.9 Å². The number of methoxy groups -OCH3 is 1. The lowest BCUT2D eigenvalue weighted by Gasteiger charge is -2.19. The summed E-state index contributed by atoms with van der Waals surface area (Å²) in [7, 11) is 1.63. The minimum Gasteiger partial charge on any atom is -0.492 e. The maximum absolute atomic E-state index is 10.1. The molecule has 1 aromatic rings. The number of ether oxygens (including phenoxy) is 3. The maximum atomic E-state index is 10.1. The van der Waals surface area contributed by atoms with Crippen molar-refractivity contribution in [3.63, 3.8) is 0 Å². The molecule has 0 amide bonds. The lowest BCUT2D eigenvalue weighted by atomic mass is 9.94. The second kappa shape index (κ2) is 4.33. The van der Waals surface area contributed by atoms with Crippen LogP contribution in [0.2, 0.25) is 0 Å². The highest BCUT2D eigenvalue weighted by Crippen LogP contribution is 2.50. The van der Waals surface area contributed by atoms with Crippen LogP contribution in [0.5, 0.6) is 17.2 Å². The van der Waals surface area contributed by atoms with Crippen LogP contribution < -0.4 is 19.9 Å². The van der Waals surface area contributed by atoms with E-state index in [-0.39, 0.29) is 6.54 Å². The van der Waals surface area contributed by atoms with Crippen molar-refractivity contribution in [3.8, 4) is 17.2 Å². The van der Waals surface area contributed by atoms with Crippen molar-refractivity contribution in [1.29, 1.82) is 0 Å². The average molecular weight is 251 g/mol. The normalized spacial score (nSPS) is 17.7. The van der Waals surface area contributed by atoms with E-state index in [9.17, 15) is 5.11 Å². The van der Waals surface area contributed by atoms with Crippen molar-refractivity contribution >= 4 is 0 Å². The SMILES string of the molecule is COc1c2c(c(C(O)CN)c3c1OCC3)OCC2. The molecule has 0 saturated heterocycles. The first-order chi connectivity index (χ1) is 8.77. The Labute approximate surface area is 105 Å². The van der Waals surface area contributed by atoms with Crippen molar-refractivity contribution < 1.29 is 19.3 Å². The first-order valence-electron chi connectivity index (χ1n) is 6.17. The zero-order chi connectivity index (χ0) is 12.7. The van der Waals surface area contributed by atoms with Crippen LogP contribution in [-0.2, 0) is 12.8 Å². The minimum absolute atomic E-state index is 0.175. The monoisotopic (exact) mass is 251 g/mol. The summed E-state index contributed by atoms with van der Waals surface area (Å²) in [5, 5.41) is 10.1. The van der Waals surface area contributed by atoms with Gasteiger partial charge in [-0.3, -0.25) is 0 Å². The molecule has 2 aliphatic rings. The number of hydrogen-bond donors (Lipinski definition) is 2. The maximum Gasteiger partial charge on any atom is 0.168 e. The fraction of sp³-hybridized carbons (Fsp3) is 0.538. The number of benzene rings is 1. The van der Waals surface area contributed by atoms with Gasteiger partial charge in [0.15, 0.2) is 11.5 Å². The van der Waals surface area contributed by atoms with Gasteiger partial charge in [-0.1, -0.05) is 0 Å². The number of aliphatic hydroxyl groups is 1. The standard InChI is InChI=1S/C13H17NO4/c1-16-12-8-3-5-17-11(8)10(9(15)6-14)7-2-4-18-13(7)12/h9,15H,2-6,14H2,1H3. The Morgan fingerprint density at radius 2 is 1.89 bits per heavy atom. The Morgan fingerprint density at radius 1 is 1.22 bits per heavy atom. The van der Waals surface area contributed by atoms with E-state index in [1.165, 1.54) is 0 Å². The predicted octanol–water partition coefficient (Wildman–Crippen LogP) is 0.557. The molecule has 1 aromatic carbocycles. The summed E-state index contributed by atoms with van der Waals surface area (Å²) in [6.45, 7) is 1.40. The predicted molar refractivity (Wildman–Crippen MR) is 65.4 cm³/mol. The van der Waals surface area contributed by atoms with Gasteiger partial charge in [-0.05, 0) is 0 Å². The van der Waals surface area contributed by atoms with E-state index in [0.29, 0.717) is 13.2 Å². The summed E-state index contributed by atoms with van der Waals surface area (Å²) in [5.41, 5.74) is 8.34. The van der Waals surface area contributed by atoms with E-state index in [4.69, 9.17) is 19.9 Å². The Hall–Kier alpha value is -1.46. The van der Waals surface area contributed by atoms with Gasteiger partial charge in [0, 0.05) is 36.1 Å². The summed E-state index contributed by atoms with van der Waals surface area (Å²) in [5.74, 6) is 2.25. The highest BCUT2D eigenvalue weighted by molar-refractivity contribution is 5.66. The van der Waals surface area contributed by atoms with Crippen LogP contribution in [0.15, 0.2) is 0 Å². The van der Waals surface area contributed by atoms with Gasteiger partial charge in [0.1, 0.15) is 5.75 Å². The summed E-state index contributed by atoms with van der Waals surface area (Å²) in [6, 6.07) is 0. The van der Waals surface area contributed by atoms with Gasteiger partial charge in [-0.15, -0.1) is 0 Å². The second-order valence-corrected chi connectivity index (χ2v) is 4.51. The van der Waals surface area contributed by atoms with Crippen LogP contribution in [0, 0.1) is 0 Å². The fourth-order valence-electron chi connectivity index (χ4n) is 2.79. The molecule has 0 fully saturated rings. The van der Waals surface area contributed by atoms with Crippen molar-refractivity contribution in [3.05, 3.63) is 16.7 Å². The van der Waals surface area contributed by atoms with Gasteiger partial charge in [-0.2, -0.15) is 0 Å². The van der Waals surface area contributed by atoms with Crippen molar-refractivity contribution in [2.75, 3.05) is 26.9 Å². The molecular weight excluding hydrogens is 234 g/mol. The molecule has 0 bridgehead atoms. The first kappa shape index (κ1) is 11.6. The molecule has 0 saturated carbocycles. The van der Waals surface area contributed by atoms with E-state index in [1.807, 2.05) is 0 Å². The van der Waals surface area contributed by atoms with E-state index in [1.54, 1.807) is 7.11 Å². The number of hydrogen-bond acceptors (Lipinski definition) is 5. The smallest absolute Gasteiger partial charge is 0.168 e. The molecule has 0 aliphatic carbocycles. The molecule has 1 unspecified atom stereocenters. The van der Waals surface area contributed by atoms with E-state index in [2.05, 4.69) is 0 Å². The summed E-state index contributed by atoms with van der Waals surface area (Å²) < 4.78 is 16.8. The average Bonchev–Trinajstić information content (AvgIpc) is 3.02. The lowest BCUT2D eigenvalue weighted by Crippen LogP contribution is -2.14. The third kappa shape index (κ3) is 1.47. The molecule has 2 heterocycles. The molecule has 0 spiro atoms.